The van der Waals surface area contributed by atoms with Gasteiger partial charge in [0, 0.05) is 165 Å². The van der Waals surface area contributed by atoms with Crippen molar-refractivity contribution in [2.45, 2.75) is 52.9 Å². The Morgan fingerprint density at radius 1 is 0.419 bits per heavy atom. The quantitative estimate of drug-likeness (QED) is 0.0405. The topological polar surface area (TPSA) is 244 Å². The van der Waals surface area contributed by atoms with Crippen molar-refractivity contribution in [3.8, 4) is 67.9 Å². The van der Waals surface area contributed by atoms with Crippen molar-refractivity contribution >= 4 is 99.6 Å². The summed E-state index contributed by atoms with van der Waals surface area (Å²) in [6, 6.07) is 18.2. The normalized spacial score (nSPS) is 14.5. The number of hydrogen-bond donors (Lipinski definition) is 3. The van der Waals surface area contributed by atoms with E-state index in [9.17, 15) is 0 Å². The summed E-state index contributed by atoms with van der Waals surface area (Å²) in [7, 11) is 12.9. The first-order valence-electron chi connectivity index (χ1n) is 35.6. The van der Waals surface area contributed by atoms with Crippen molar-refractivity contribution in [3.63, 3.8) is 0 Å². The predicted molar refractivity (Wildman–Crippen MR) is 419 cm³/mol. The van der Waals surface area contributed by atoms with Crippen LogP contribution in [-0.2, 0) is 25.9 Å². The van der Waals surface area contributed by atoms with Crippen LogP contribution in [0.15, 0.2) is 110 Å². The van der Waals surface area contributed by atoms with Gasteiger partial charge in [-0.15, -0.1) is 34.0 Å². The van der Waals surface area contributed by atoms with Gasteiger partial charge in [0.25, 0.3) is 0 Å². The van der Waals surface area contributed by atoms with Crippen molar-refractivity contribution in [2.24, 2.45) is 21.1 Å². The molecule has 3 aliphatic heterocycles. The highest BCUT2D eigenvalue weighted by molar-refractivity contribution is 7.20. The summed E-state index contributed by atoms with van der Waals surface area (Å²) in [6.07, 6.45) is 22.2. The third kappa shape index (κ3) is 18.7. The number of hydrogen-bond acceptors (Lipinski definition) is 26. The smallest absolute Gasteiger partial charge is 0.227 e. The molecule has 0 bridgehead atoms. The number of ether oxygens (including phenoxy) is 7. The largest absolute Gasteiger partial charge is 0.496 e. The molecule has 12 aromatic rings. The summed E-state index contributed by atoms with van der Waals surface area (Å²) < 4.78 is 49.2. The van der Waals surface area contributed by atoms with Gasteiger partial charge in [0.2, 0.25) is 17.8 Å². The minimum atomic E-state index is 0.531. The maximum Gasteiger partial charge on any atom is 0.227 e. The minimum absolute atomic E-state index is 0.531. The molecule has 3 N–H and O–H groups in total. The number of aryl methyl sites for hydroxylation is 6. The lowest BCUT2D eigenvalue weighted by Gasteiger charge is -2.32. The van der Waals surface area contributed by atoms with Crippen LogP contribution in [-0.4, -0.2) is 212 Å². The molecule has 26 nitrogen and oxygen atoms in total. The van der Waals surface area contributed by atoms with Crippen molar-refractivity contribution < 1.29 is 33.2 Å². The second-order valence-corrected chi connectivity index (χ2v) is 30.0. The number of benzene rings is 3. The summed E-state index contributed by atoms with van der Waals surface area (Å²) in [5, 5.41) is 22.3. The van der Waals surface area contributed by atoms with Crippen LogP contribution in [0.4, 0.5) is 34.9 Å². The molecule has 105 heavy (non-hydrogen) atoms. The van der Waals surface area contributed by atoms with Crippen LogP contribution in [0.1, 0.15) is 46.7 Å². The van der Waals surface area contributed by atoms with Gasteiger partial charge < -0.3 is 63.8 Å². The Hall–Kier alpha value is -9.59. The van der Waals surface area contributed by atoms with Crippen molar-refractivity contribution in [1.82, 2.24) is 78.8 Å². The monoisotopic (exact) mass is 1480 g/mol. The molecule has 9 aromatic heterocycles. The van der Waals surface area contributed by atoms with Gasteiger partial charge in [-0.1, -0.05) is 0 Å². The molecule has 29 heteroatoms. The Morgan fingerprint density at radius 2 is 0.752 bits per heavy atom. The molecular formula is C76H93N19O7S3. The number of rotatable bonds is 27. The SMILES string of the molecule is COc1cc(OCCCN2CCCC2)ccc1-c1c(C)sc2cnc(Nc3cnn(C)c3)nc12.COc1cc(OCCCN2CCN(C)CC2)ccc1-c1c(C)sc2cnc(Nc3cnn(C)c3)nc12.COc1cc(OCCCN2CCOCC2)ccc1-c1c(C)sc2cnc(Nc3cnn(C)c3)nc12. The molecule has 552 valence electrons. The average Bonchev–Trinajstić information content (AvgIpc) is 1.65. The highest BCUT2D eigenvalue weighted by Crippen LogP contribution is 2.46. The van der Waals surface area contributed by atoms with E-state index < -0.39 is 0 Å². The van der Waals surface area contributed by atoms with E-state index in [0.29, 0.717) is 37.7 Å². The van der Waals surface area contributed by atoms with E-state index in [0.717, 1.165) is 217 Å². The van der Waals surface area contributed by atoms with Crippen LogP contribution in [0, 0.1) is 20.8 Å². The molecule has 0 aliphatic carbocycles. The molecule has 12 heterocycles. The fraction of sp³-hybridized carbons (Fsp3) is 0.408. The fourth-order valence-electron chi connectivity index (χ4n) is 13.2. The zero-order valence-corrected chi connectivity index (χ0v) is 63.9. The van der Waals surface area contributed by atoms with E-state index in [1.165, 1.54) is 30.8 Å². The van der Waals surface area contributed by atoms with Gasteiger partial charge in [-0.3, -0.25) is 18.9 Å². The van der Waals surface area contributed by atoms with Crippen LogP contribution < -0.4 is 44.4 Å². The zero-order valence-electron chi connectivity index (χ0n) is 61.5. The first-order valence-corrected chi connectivity index (χ1v) is 38.1. The second kappa shape index (κ2) is 35.0. The Balaban J connectivity index is 0.000000140. The number of aromatic nitrogens is 12. The maximum absolute atomic E-state index is 6.08. The lowest BCUT2D eigenvalue weighted by Crippen LogP contribution is -2.44. The van der Waals surface area contributed by atoms with E-state index in [-0.39, 0.29) is 0 Å². The van der Waals surface area contributed by atoms with Crippen LogP contribution in [0.2, 0.25) is 0 Å². The highest BCUT2D eigenvalue weighted by atomic mass is 32.1. The van der Waals surface area contributed by atoms with Gasteiger partial charge >= 0.3 is 0 Å². The number of anilines is 6. The number of fused-ring (bicyclic) bond motifs is 3. The molecule has 0 unspecified atom stereocenters. The van der Waals surface area contributed by atoms with Gasteiger partial charge in [0.1, 0.15) is 34.5 Å². The molecule has 3 aliphatic rings. The number of thiophene rings is 3. The number of methoxy groups -OCH3 is 3. The number of nitrogens with one attached hydrogen (secondary N) is 3. The fourth-order valence-corrected chi connectivity index (χ4v) is 16.2. The molecular weight excluding hydrogens is 1390 g/mol. The van der Waals surface area contributed by atoms with Crippen LogP contribution >= 0.6 is 34.0 Å². The molecule has 0 spiro atoms. The Bertz CT molecular complexity index is 4860. The van der Waals surface area contributed by atoms with Crippen molar-refractivity contribution in [1.29, 1.82) is 0 Å². The average molecular weight is 1480 g/mol. The van der Waals surface area contributed by atoms with Gasteiger partial charge in [0.15, 0.2) is 0 Å². The molecule has 0 radical (unpaired) electrons. The zero-order chi connectivity index (χ0) is 72.8. The van der Waals surface area contributed by atoms with E-state index in [1.807, 2.05) is 94.7 Å². The summed E-state index contributed by atoms with van der Waals surface area (Å²) in [5.74, 6) is 6.37. The third-order valence-corrected chi connectivity index (χ3v) is 21.7. The lowest BCUT2D eigenvalue weighted by atomic mass is 10.0. The summed E-state index contributed by atoms with van der Waals surface area (Å²) in [6.45, 7) is 22.2. The van der Waals surface area contributed by atoms with Crippen LogP contribution in [0.25, 0.3) is 64.0 Å². The summed E-state index contributed by atoms with van der Waals surface area (Å²) in [5.41, 5.74) is 11.4. The molecule has 3 saturated heterocycles. The van der Waals surface area contributed by atoms with E-state index in [1.54, 1.807) is 88.0 Å². The first kappa shape index (κ1) is 73.7. The number of likely N-dealkylation sites (N-methyl/N-ethyl adjacent to an activating group) is 1. The lowest BCUT2D eigenvalue weighted by molar-refractivity contribution is 0.0358. The number of likely N-dealkylation sites (tertiary alicyclic amines) is 1. The molecule has 0 amide bonds. The van der Waals surface area contributed by atoms with E-state index in [2.05, 4.69) is 112 Å². The van der Waals surface area contributed by atoms with Crippen LogP contribution in [0.5, 0.6) is 34.5 Å². The van der Waals surface area contributed by atoms with Crippen molar-refractivity contribution in [2.75, 3.05) is 149 Å². The van der Waals surface area contributed by atoms with Crippen LogP contribution in [0.3, 0.4) is 0 Å². The highest BCUT2D eigenvalue weighted by Gasteiger charge is 2.24. The van der Waals surface area contributed by atoms with Gasteiger partial charge in [0.05, 0.1) is 139 Å². The van der Waals surface area contributed by atoms with Gasteiger partial charge in [-0.25, -0.2) is 29.9 Å². The standard InChI is InChI=1S/C26H33N7O2S.C25H30N6O3S.C25H30N6O2S/c1-18-24(25-23(36-18)16-27-26(30-25)29-19-15-28-32(3)17-19)21-7-6-20(14-22(21)34-4)35-13-5-8-33-11-9-31(2)10-12-33;1-17-23(24-22(35-17)15-26-25(29-24)28-18-14-27-30(2)16-18)20-6-5-19(13-21(20)32-3)34-10-4-7-31-8-11-33-12-9-31;1-17-23(24-22(34-17)15-26-25(29-24)28-18-14-27-30(2)16-18)20-8-7-19(13-21(20)32-3)33-12-6-11-31-9-4-5-10-31/h6-7,14-17H,5,8-13H2,1-4H3,(H,27,29,30);5-6,13-16H,4,7-12H2,1-3H3,(H,26,28,29);7-8,13-16H,4-6,9-12H2,1-3H3,(H,26,28,29). The summed E-state index contributed by atoms with van der Waals surface area (Å²) in [4.78, 5) is 41.3. The number of piperazine rings is 1. The molecule has 0 atom stereocenters. The van der Waals surface area contributed by atoms with E-state index >= 15 is 0 Å². The molecule has 3 fully saturated rings. The Morgan fingerprint density at radius 3 is 1.08 bits per heavy atom. The number of morpholine rings is 1. The summed E-state index contributed by atoms with van der Waals surface area (Å²) >= 11 is 5.04. The third-order valence-electron chi connectivity index (χ3n) is 18.6. The Kier molecular flexibility index (Phi) is 24.6. The van der Waals surface area contributed by atoms with E-state index in [4.69, 9.17) is 48.1 Å². The molecule has 3 aromatic carbocycles. The second-order valence-electron chi connectivity index (χ2n) is 26.2. The molecule has 0 saturated carbocycles. The predicted octanol–water partition coefficient (Wildman–Crippen LogP) is 13.4. The van der Waals surface area contributed by atoms with Gasteiger partial charge in [-0.05, 0) is 109 Å². The van der Waals surface area contributed by atoms with Gasteiger partial charge in [-0.2, -0.15) is 15.3 Å². The van der Waals surface area contributed by atoms with Crippen molar-refractivity contribution in [3.05, 3.63) is 125 Å². The minimum Gasteiger partial charge on any atom is -0.496 e. The molecule has 15 rings (SSSR count). The Labute approximate surface area is 624 Å². The maximum atomic E-state index is 6.08. The number of nitrogens with zero attached hydrogens (tertiary/aromatic N) is 16. The first-order chi connectivity index (χ1) is 51.2.